The Morgan fingerprint density at radius 3 is 2.68 bits per heavy atom. The molecular weight excluding hydrogens is 556 g/mol. The molecule has 0 bridgehead atoms. The van der Waals surface area contributed by atoms with Crippen LogP contribution in [0.5, 0.6) is 0 Å². The van der Waals surface area contributed by atoms with E-state index in [4.69, 9.17) is 15.6 Å². The van der Waals surface area contributed by atoms with Gasteiger partial charge < -0.3 is 15.6 Å². The van der Waals surface area contributed by atoms with Crippen molar-refractivity contribution in [3.8, 4) is 22.5 Å². The number of aliphatic hydroxyl groups excluding tert-OH is 1. The van der Waals surface area contributed by atoms with Crippen molar-refractivity contribution in [2.45, 2.75) is 40.9 Å². The molecule has 1 saturated heterocycles. The number of hydrogen-bond acceptors (Lipinski definition) is 12. The van der Waals surface area contributed by atoms with Crippen molar-refractivity contribution in [2.75, 3.05) is 12.3 Å². The number of ether oxygens (including phenoxy) is 1. The van der Waals surface area contributed by atoms with Gasteiger partial charge in [0.2, 0.25) is 20.0 Å². The number of aromatic amines is 1. The second kappa shape index (κ2) is 9.01. The summed E-state index contributed by atoms with van der Waals surface area (Å²) < 4.78 is 62.4. The van der Waals surface area contributed by atoms with E-state index < -0.39 is 48.1 Å². The topological polar surface area (TPSA) is 229 Å². The molecular formula is C21H22N8O6S3. The zero-order valence-corrected chi connectivity index (χ0v) is 21.9. The molecule has 4 aromatic rings. The predicted octanol–water partition coefficient (Wildman–Crippen LogP) is 0.190. The Morgan fingerprint density at radius 1 is 1.13 bits per heavy atom. The lowest BCUT2D eigenvalue weighted by Gasteiger charge is -2.21. The van der Waals surface area contributed by atoms with Gasteiger partial charge >= 0.3 is 0 Å². The Labute approximate surface area is 220 Å². The van der Waals surface area contributed by atoms with Crippen molar-refractivity contribution in [1.82, 2.24) is 30.3 Å². The molecule has 2 aliphatic rings. The van der Waals surface area contributed by atoms with Gasteiger partial charge in [-0.1, -0.05) is 29.5 Å². The number of thiazole rings is 1. The second-order valence-electron chi connectivity index (χ2n) is 9.15. The average Bonchev–Trinajstić information content (AvgIpc) is 3.64. The molecule has 200 valence electrons. The maximum Gasteiger partial charge on any atom is 0.242 e. The summed E-state index contributed by atoms with van der Waals surface area (Å²) in [6.45, 7) is 0.0422. The van der Waals surface area contributed by atoms with Crippen LogP contribution in [0.2, 0.25) is 0 Å². The fraction of sp³-hybridized carbons (Fsp3) is 0.333. The number of hydrogen-bond donors (Lipinski definition) is 5. The van der Waals surface area contributed by atoms with Crippen molar-refractivity contribution in [3.63, 3.8) is 0 Å². The number of aromatic nitrogens is 5. The first-order valence-corrected chi connectivity index (χ1v) is 15.3. The highest BCUT2D eigenvalue weighted by Crippen LogP contribution is 2.42. The van der Waals surface area contributed by atoms with Crippen LogP contribution in [-0.2, 0) is 24.8 Å². The fourth-order valence-electron chi connectivity index (χ4n) is 5.33. The van der Waals surface area contributed by atoms with E-state index in [1.54, 1.807) is 12.1 Å². The van der Waals surface area contributed by atoms with Gasteiger partial charge in [0.05, 0.1) is 40.6 Å². The van der Waals surface area contributed by atoms with Crippen LogP contribution in [0, 0.1) is 5.92 Å². The van der Waals surface area contributed by atoms with E-state index in [0.717, 1.165) is 4.70 Å². The number of anilines is 1. The van der Waals surface area contributed by atoms with Crippen molar-refractivity contribution in [1.29, 1.82) is 0 Å². The maximum absolute atomic E-state index is 13.7. The second-order valence-corrected chi connectivity index (χ2v) is 13.4. The molecule has 2 aromatic heterocycles. The largest absolute Gasteiger partial charge is 0.390 e. The summed E-state index contributed by atoms with van der Waals surface area (Å²) in [6, 6.07) is 7.23. The number of fused-ring (bicyclic) bond motifs is 2. The minimum Gasteiger partial charge on any atom is -0.390 e. The van der Waals surface area contributed by atoms with E-state index in [1.165, 1.54) is 23.5 Å². The van der Waals surface area contributed by atoms with Gasteiger partial charge in [-0.2, -0.15) is 0 Å². The van der Waals surface area contributed by atoms with E-state index in [2.05, 4.69) is 30.3 Å². The average molecular weight is 579 g/mol. The molecule has 7 N–H and O–H groups in total. The van der Waals surface area contributed by atoms with E-state index in [1.807, 2.05) is 6.07 Å². The number of para-hydroxylation sites is 1. The summed E-state index contributed by atoms with van der Waals surface area (Å²) in [7, 11) is -9.11. The molecule has 17 heteroatoms. The fourth-order valence-corrected chi connectivity index (χ4v) is 8.97. The number of benzene rings is 2. The quantitative estimate of drug-likeness (QED) is 0.207. The number of H-pyrrole nitrogens is 1. The molecule has 1 aliphatic carbocycles. The number of nitrogens with two attached hydrogens (primary N) is 2. The Bertz CT molecular complexity index is 1760. The zero-order valence-electron chi connectivity index (χ0n) is 19.5. The molecule has 3 heterocycles. The first-order valence-electron chi connectivity index (χ1n) is 11.5. The third-order valence-electron chi connectivity index (χ3n) is 6.89. The van der Waals surface area contributed by atoms with Gasteiger partial charge in [0.1, 0.15) is 9.79 Å². The summed E-state index contributed by atoms with van der Waals surface area (Å²) in [5.74, 6) is -0.355. The van der Waals surface area contributed by atoms with Crippen LogP contribution < -0.4 is 15.6 Å². The summed E-state index contributed by atoms with van der Waals surface area (Å²) in [4.78, 5) is 3.12. The molecule has 1 saturated carbocycles. The molecule has 0 spiro atoms. The van der Waals surface area contributed by atoms with Crippen LogP contribution in [0.3, 0.4) is 0 Å². The van der Waals surface area contributed by atoms with Gasteiger partial charge in [-0.25, -0.2) is 36.8 Å². The molecule has 2 fully saturated rings. The molecule has 0 amide bonds. The highest BCUT2D eigenvalue weighted by Gasteiger charge is 2.47. The normalized spacial score (nSPS) is 23.7. The molecule has 6 rings (SSSR count). The summed E-state index contributed by atoms with van der Waals surface area (Å²) in [5, 5.41) is 29.5. The first-order chi connectivity index (χ1) is 18.0. The Kier molecular flexibility index (Phi) is 5.98. The van der Waals surface area contributed by atoms with E-state index in [-0.39, 0.29) is 29.5 Å². The molecule has 14 nitrogen and oxygen atoms in total. The van der Waals surface area contributed by atoms with Crippen LogP contribution in [0.4, 0.5) is 5.13 Å². The van der Waals surface area contributed by atoms with Crippen molar-refractivity contribution in [2.24, 2.45) is 11.1 Å². The molecule has 4 atom stereocenters. The van der Waals surface area contributed by atoms with Crippen LogP contribution in [0.1, 0.15) is 12.8 Å². The monoisotopic (exact) mass is 578 g/mol. The Morgan fingerprint density at radius 2 is 1.95 bits per heavy atom. The minimum absolute atomic E-state index is 0.0422. The maximum atomic E-state index is 13.7. The number of tetrazole rings is 1. The highest BCUT2D eigenvalue weighted by atomic mass is 32.2. The van der Waals surface area contributed by atoms with Crippen LogP contribution in [0.15, 0.2) is 40.1 Å². The van der Waals surface area contributed by atoms with E-state index in [0.29, 0.717) is 29.1 Å². The lowest BCUT2D eigenvalue weighted by atomic mass is 9.98. The van der Waals surface area contributed by atoms with Crippen molar-refractivity contribution in [3.05, 3.63) is 30.3 Å². The summed E-state index contributed by atoms with van der Waals surface area (Å²) >= 11 is 1.25. The number of sulfonamides is 2. The van der Waals surface area contributed by atoms with Crippen molar-refractivity contribution < 1.29 is 26.7 Å². The minimum atomic E-state index is -4.66. The predicted molar refractivity (Wildman–Crippen MR) is 137 cm³/mol. The number of nitrogens with one attached hydrogen (secondary N) is 2. The lowest BCUT2D eigenvalue weighted by molar-refractivity contribution is 0.00653. The molecule has 0 radical (unpaired) electrons. The SMILES string of the molecule is Nc1nc2c(-c3ccc(S(=O)(=O)N[C@H]4CO[C@H]5[C@H]4CC[C@H]5O)c(S(N)(=O)=O)c3-c3nnn[nH]3)cccc2s1. The third kappa shape index (κ3) is 4.15. The smallest absolute Gasteiger partial charge is 0.242 e. The van der Waals surface area contributed by atoms with Gasteiger partial charge in [0, 0.05) is 11.5 Å². The number of nitrogen functional groups attached to an aromatic ring is 1. The summed E-state index contributed by atoms with van der Waals surface area (Å²) in [6.07, 6.45) is -0.109. The molecule has 38 heavy (non-hydrogen) atoms. The third-order valence-corrected chi connectivity index (χ3v) is 10.4. The zero-order chi connectivity index (χ0) is 26.8. The Balaban J connectivity index is 1.56. The van der Waals surface area contributed by atoms with E-state index >= 15 is 0 Å². The number of nitrogens with zero attached hydrogens (tertiary/aromatic N) is 4. The van der Waals surface area contributed by atoms with Crippen LogP contribution >= 0.6 is 11.3 Å². The molecule has 0 unspecified atom stereocenters. The van der Waals surface area contributed by atoms with Gasteiger partial charge in [-0.15, -0.1) is 5.10 Å². The van der Waals surface area contributed by atoms with Gasteiger partial charge in [0.25, 0.3) is 0 Å². The number of aliphatic hydroxyl groups is 1. The van der Waals surface area contributed by atoms with Crippen molar-refractivity contribution >= 4 is 46.7 Å². The Hall–Kier alpha value is -3.06. The standard InChI is InChI=1S/C21H22N8O6S3/c22-21-24-17-10(2-1-3-14(17)36-21)9-5-7-15(19(37(23,31)32)16(9)20-25-28-29-26-20)38(33,34)27-12-8-35-18-11(12)4-6-13(18)30/h1-3,5,7,11-13,18,27,30H,4,6,8H2,(H2,22,24)(H2,23,31,32)(H,25,26,28,29)/t11-,12-,13+,18-/m0/s1. The van der Waals surface area contributed by atoms with E-state index in [9.17, 15) is 21.9 Å². The van der Waals surface area contributed by atoms with Gasteiger partial charge in [-0.05, 0) is 41.0 Å². The van der Waals surface area contributed by atoms with Crippen LogP contribution in [0.25, 0.3) is 32.7 Å². The molecule has 2 aromatic carbocycles. The highest BCUT2D eigenvalue weighted by molar-refractivity contribution is 7.92. The van der Waals surface area contributed by atoms with Gasteiger partial charge in [0.15, 0.2) is 11.0 Å². The number of primary sulfonamides is 1. The van der Waals surface area contributed by atoms with Crippen LogP contribution in [-0.4, -0.2) is 72.4 Å². The summed E-state index contributed by atoms with van der Waals surface area (Å²) in [5.41, 5.74) is 7.04. The first kappa shape index (κ1) is 25.2. The number of rotatable bonds is 6. The lowest BCUT2D eigenvalue weighted by Crippen LogP contribution is -2.41. The van der Waals surface area contributed by atoms with Gasteiger partial charge in [-0.3, -0.25) is 0 Å². The molecule has 1 aliphatic heterocycles.